The maximum atomic E-state index is 13.1. The number of hydrogen-bond donors (Lipinski definition) is 1. The van der Waals surface area contributed by atoms with Crippen LogP contribution in [0.1, 0.15) is 23.2 Å². The van der Waals surface area contributed by atoms with E-state index in [0.29, 0.717) is 18.9 Å². The van der Waals surface area contributed by atoms with Gasteiger partial charge in [0.2, 0.25) is 0 Å². The monoisotopic (exact) mass is 426 g/mol. The topological polar surface area (TPSA) is 75.7 Å². The molecule has 0 radical (unpaired) electrons. The molecule has 0 spiro atoms. The molecule has 1 unspecified atom stereocenters. The molecule has 1 aliphatic rings. The zero-order chi connectivity index (χ0) is 20.3. The molecule has 1 aliphatic heterocycles. The van der Waals surface area contributed by atoms with Gasteiger partial charge in [0, 0.05) is 13.7 Å². The Bertz CT molecular complexity index is 960. The molecule has 1 amide bonds. The molecule has 1 N–H and O–H groups in total. The molecule has 1 fully saturated rings. The highest BCUT2D eigenvalue weighted by atomic mass is 35.5. The zero-order valence-corrected chi connectivity index (χ0v) is 16.8. The van der Waals surface area contributed by atoms with E-state index in [1.165, 1.54) is 49.5 Å². The van der Waals surface area contributed by atoms with Crippen LogP contribution in [0.5, 0.6) is 0 Å². The Kier molecular flexibility index (Phi) is 6.22. The molecule has 9 heteroatoms. The fourth-order valence-corrected chi connectivity index (χ4v) is 4.33. The highest BCUT2D eigenvalue weighted by Gasteiger charge is 2.25. The number of nitrogens with zero attached hydrogens (tertiary/aromatic N) is 1. The van der Waals surface area contributed by atoms with Gasteiger partial charge in [-0.2, -0.15) is 0 Å². The van der Waals surface area contributed by atoms with Gasteiger partial charge in [0.05, 0.1) is 33.8 Å². The summed E-state index contributed by atoms with van der Waals surface area (Å²) in [5.74, 6) is -0.923. The number of rotatable bonds is 5. The number of nitrogens with one attached hydrogen (secondary N) is 1. The number of hydrogen-bond acceptors (Lipinski definition) is 4. The second-order valence-electron chi connectivity index (χ2n) is 6.48. The van der Waals surface area contributed by atoms with Crippen molar-refractivity contribution in [2.75, 3.05) is 24.6 Å². The molecular formula is C19H20ClFN2O4S. The van der Waals surface area contributed by atoms with Crippen molar-refractivity contribution in [3.8, 4) is 0 Å². The SMILES string of the molecule is CN(c1ccc(F)cc1)S(=O)(=O)c1ccc(Cl)c(C(=O)NC2CCCOC2)c1. The predicted molar refractivity (Wildman–Crippen MR) is 105 cm³/mol. The van der Waals surface area contributed by atoms with Crippen molar-refractivity contribution in [2.24, 2.45) is 0 Å². The summed E-state index contributed by atoms with van der Waals surface area (Å²) in [6.45, 7) is 1.07. The number of benzene rings is 2. The van der Waals surface area contributed by atoms with Gasteiger partial charge in [-0.3, -0.25) is 9.10 Å². The number of halogens is 2. The van der Waals surface area contributed by atoms with Crippen molar-refractivity contribution >= 4 is 33.2 Å². The van der Waals surface area contributed by atoms with E-state index in [-0.39, 0.29) is 21.5 Å². The first-order chi connectivity index (χ1) is 13.3. The van der Waals surface area contributed by atoms with E-state index in [0.717, 1.165) is 17.1 Å². The van der Waals surface area contributed by atoms with E-state index in [1.54, 1.807) is 0 Å². The minimum absolute atomic E-state index is 0.0702. The van der Waals surface area contributed by atoms with Crippen LogP contribution in [-0.2, 0) is 14.8 Å². The molecule has 1 heterocycles. The summed E-state index contributed by atoms with van der Waals surface area (Å²) < 4.78 is 45.3. The normalized spacial score (nSPS) is 17.2. The average molecular weight is 427 g/mol. The van der Waals surface area contributed by atoms with Gasteiger partial charge in [-0.1, -0.05) is 11.6 Å². The van der Waals surface area contributed by atoms with E-state index in [1.807, 2.05) is 0 Å². The summed E-state index contributed by atoms with van der Waals surface area (Å²) in [5.41, 5.74) is 0.363. The summed E-state index contributed by atoms with van der Waals surface area (Å²) in [6, 6.07) is 8.88. The maximum absolute atomic E-state index is 13.1. The second kappa shape index (κ2) is 8.46. The lowest BCUT2D eigenvalue weighted by Gasteiger charge is -2.23. The molecule has 1 saturated heterocycles. The number of carbonyl (C=O) groups excluding carboxylic acids is 1. The van der Waals surface area contributed by atoms with Crippen LogP contribution in [-0.4, -0.2) is 40.6 Å². The number of carbonyl (C=O) groups is 1. The highest BCUT2D eigenvalue weighted by molar-refractivity contribution is 7.92. The van der Waals surface area contributed by atoms with Crippen molar-refractivity contribution in [1.29, 1.82) is 0 Å². The van der Waals surface area contributed by atoms with Gasteiger partial charge in [0.1, 0.15) is 5.82 Å². The van der Waals surface area contributed by atoms with Gasteiger partial charge >= 0.3 is 0 Å². The van der Waals surface area contributed by atoms with Gasteiger partial charge in [0.15, 0.2) is 0 Å². The molecular weight excluding hydrogens is 407 g/mol. The number of anilines is 1. The van der Waals surface area contributed by atoms with Gasteiger partial charge in [-0.05, 0) is 55.3 Å². The van der Waals surface area contributed by atoms with E-state index < -0.39 is 21.7 Å². The fraction of sp³-hybridized carbons (Fsp3) is 0.316. The number of amides is 1. The standard InChI is InChI=1S/C19H20ClFN2O4S/c1-23(15-6-4-13(21)5-7-15)28(25,26)16-8-9-18(20)17(11-16)19(24)22-14-3-2-10-27-12-14/h4-9,11,14H,2-3,10,12H2,1H3,(H,22,24). The van der Waals surface area contributed by atoms with Crippen LogP contribution < -0.4 is 9.62 Å². The van der Waals surface area contributed by atoms with E-state index >= 15 is 0 Å². The van der Waals surface area contributed by atoms with Crippen LogP contribution >= 0.6 is 11.6 Å². The maximum Gasteiger partial charge on any atom is 0.264 e. The molecule has 2 aromatic carbocycles. The second-order valence-corrected chi connectivity index (χ2v) is 8.85. The molecule has 0 aromatic heterocycles. The van der Waals surface area contributed by atoms with Gasteiger partial charge in [-0.15, -0.1) is 0 Å². The Morgan fingerprint density at radius 2 is 1.96 bits per heavy atom. The lowest BCUT2D eigenvalue weighted by molar-refractivity contribution is 0.0624. The molecule has 150 valence electrons. The fourth-order valence-electron chi connectivity index (χ4n) is 2.90. The van der Waals surface area contributed by atoms with Crippen LogP contribution in [0.4, 0.5) is 10.1 Å². The van der Waals surface area contributed by atoms with Crippen molar-refractivity contribution in [3.63, 3.8) is 0 Å². The van der Waals surface area contributed by atoms with E-state index in [2.05, 4.69) is 5.32 Å². The Morgan fingerprint density at radius 3 is 2.61 bits per heavy atom. The Morgan fingerprint density at radius 1 is 1.25 bits per heavy atom. The first-order valence-electron chi connectivity index (χ1n) is 8.71. The Hall–Kier alpha value is -2.16. The number of sulfonamides is 1. The van der Waals surface area contributed by atoms with E-state index in [4.69, 9.17) is 16.3 Å². The summed E-state index contributed by atoms with van der Waals surface area (Å²) in [5, 5.41) is 2.97. The Balaban J connectivity index is 1.86. The highest BCUT2D eigenvalue weighted by Crippen LogP contribution is 2.26. The van der Waals surface area contributed by atoms with E-state index in [9.17, 15) is 17.6 Å². The summed E-state index contributed by atoms with van der Waals surface area (Å²) >= 11 is 6.13. The summed E-state index contributed by atoms with van der Waals surface area (Å²) in [6.07, 6.45) is 1.63. The minimum atomic E-state index is -3.96. The molecule has 6 nitrogen and oxygen atoms in total. The molecule has 1 atom stereocenters. The largest absolute Gasteiger partial charge is 0.379 e. The van der Waals surface area contributed by atoms with Crippen molar-refractivity contribution in [1.82, 2.24) is 5.32 Å². The Labute approximate surface area is 168 Å². The predicted octanol–water partition coefficient (Wildman–Crippen LogP) is 3.21. The lowest BCUT2D eigenvalue weighted by Crippen LogP contribution is -2.40. The zero-order valence-electron chi connectivity index (χ0n) is 15.2. The molecule has 2 aromatic rings. The van der Waals surface area contributed by atoms with Crippen molar-refractivity contribution in [2.45, 2.75) is 23.8 Å². The molecule has 0 saturated carbocycles. The third kappa shape index (κ3) is 4.45. The lowest BCUT2D eigenvalue weighted by atomic mass is 10.1. The quantitative estimate of drug-likeness (QED) is 0.796. The van der Waals surface area contributed by atoms with Gasteiger partial charge in [-0.25, -0.2) is 12.8 Å². The van der Waals surface area contributed by atoms with Crippen molar-refractivity contribution < 1.29 is 22.3 Å². The molecule has 28 heavy (non-hydrogen) atoms. The van der Waals surface area contributed by atoms with Crippen LogP contribution in [0.25, 0.3) is 0 Å². The number of ether oxygens (including phenoxy) is 1. The third-order valence-corrected chi connectivity index (χ3v) is 6.64. The molecule has 0 bridgehead atoms. The first kappa shape index (κ1) is 20.6. The third-order valence-electron chi connectivity index (χ3n) is 4.53. The van der Waals surface area contributed by atoms with Gasteiger partial charge < -0.3 is 10.1 Å². The van der Waals surface area contributed by atoms with Crippen LogP contribution in [0.3, 0.4) is 0 Å². The van der Waals surface area contributed by atoms with Crippen molar-refractivity contribution in [3.05, 3.63) is 58.9 Å². The smallest absolute Gasteiger partial charge is 0.264 e. The average Bonchev–Trinajstić information content (AvgIpc) is 2.69. The minimum Gasteiger partial charge on any atom is -0.379 e. The van der Waals surface area contributed by atoms with Crippen LogP contribution in [0, 0.1) is 5.82 Å². The van der Waals surface area contributed by atoms with Crippen LogP contribution in [0.2, 0.25) is 5.02 Å². The summed E-state index contributed by atoms with van der Waals surface area (Å²) in [4.78, 5) is 12.5. The van der Waals surface area contributed by atoms with Gasteiger partial charge in [0.25, 0.3) is 15.9 Å². The summed E-state index contributed by atoms with van der Waals surface area (Å²) in [7, 11) is -2.61. The molecule has 3 rings (SSSR count). The molecule has 0 aliphatic carbocycles. The van der Waals surface area contributed by atoms with Crippen LogP contribution in [0.15, 0.2) is 47.4 Å². The first-order valence-corrected chi connectivity index (χ1v) is 10.5.